The Morgan fingerprint density at radius 3 is 2.62 bits per heavy atom. The lowest BCUT2D eigenvalue weighted by atomic mass is 10.1. The third-order valence-corrected chi connectivity index (χ3v) is 3.15. The van der Waals surface area contributed by atoms with Gasteiger partial charge in [0.2, 0.25) is 0 Å². The maximum atomic E-state index is 12.2. The highest BCUT2D eigenvalue weighted by Gasteiger charge is 2.21. The van der Waals surface area contributed by atoms with Gasteiger partial charge in [-0.2, -0.15) is 0 Å². The first-order chi connectivity index (χ1) is 9.88. The number of pyridine rings is 1. The molecular weight excluding hydrogens is 317 g/mol. The molecule has 1 N–H and O–H groups in total. The molecule has 6 nitrogen and oxygen atoms in total. The number of aryl methyl sites for hydroxylation is 1. The van der Waals surface area contributed by atoms with E-state index in [1.807, 2.05) is 0 Å². The van der Waals surface area contributed by atoms with Crippen LogP contribution in [0, 0.1) is 17.0 Å². The van der Waals surface area contributed by atoms with Crippen molar-refractivity contribution in [2.75, 3.05) is 5.32 Å². The summed E-state index contributed by atoms with van der Waals surface area (Å²) in [7, 11) is 0. The van der Waals surface area contributed by atoms with Gasteiger partial charge in [0.15, 0.2) is 0 Å². The minimum atomic E-state index is -0.642. The van der Waals surface area contributed by atoms with Gasteiger partial charge in [0, 0.05) is 11.1 Å². The van der Waals surface area contributed by atoms with E-state index in [1.165, 1.54) is 24.3 Å². The van der Waals surface area contributed by atoms with Crippen molar-refractivity contribution in [3.05, 3.63) is 61.9 Å². The third kappa shape index (κ3) is 3.48. The van der Waals surface area contributed by atoms with Crippen molar-refractivity contribution in [2.45, 2.75) is 6.92 Å². The second-order valence-electron chi connectivity index (χ2n) is 4.14. The summed E-state index contributed by atoms with van der Waals surface area (Å²) in [4.78, 5) is 26.5. The Morgan fingerprint density at radius 1 is 1.29 bits per heavy atom. The van der Waals surface area contributed by atoms with Crippen molar-refractivity contribution < 1.29 is 9.72 Å². The van der Waals surface area contributed by atoms with Gasteiger partial charge in [0.05, 0.1) is 16.3 Å². The van der Waals surface area contributed by atoms with Crippen LogP contribution in [-0.2, 0) is 0 Å². The van der Waals surface area contributed by atoms with Gasteiger partial charge in [-0.1, -0.05) is 23.2 Å². The highest BCUT2D eigenvalue weighted by atomic mass is 35.5. The normalized spacial score (nSPS) is 10.2. The number of nitro benzene ring substituents is 1. The van der Waals surface area contributed by atoms with Crippen molar-refractivity contribution >= 4 is 40.5 Å². The predicted octanol–water partition coefficient (Wildman–Crippen LogP) is 3.86. The molecule has 0 aliphatic carbocycles. The summed E-state index contributed by atoms with van der Waals surface area (Å²) in [5, 5.41) is 14.0. The zero-order valence-electron chi connectivity index (χ0n) is 10.8. The average Bonchev–Trinajstić information content (AvgIpc) is 2.41. The average molecular weight is 326 g/mol. The molecule has 2 aromatic rings. The van der Waals surface area contributed by atoms with Crippen molar-refractivity contribution in [3.8, 4) is 0 Å². The summed E-state index contributed by atoms with van der Waals surface area (Å²) in [5.41, 5.74) is 0.470. The van der Waals surface area contributed by atoms with Crippen LogP contribution in [0.4, 0.5) is 11.4 Å². The maximum absolute atomic E-state index is 12.2. The maximum Gasteiger partial charge on any atom is 0.282 e. The lowest BCUT2D eigenvalue weighted by Crippen LogP contribution is -2.15. The van der Waals surface area contributed by atoms with Gasteiger partial charge < -0.3 is 5.32 Å². The number of carbonyl (C=O) groups is 1. The summed E-state index contributed by atoms with van der Waals surface area (Å²) < 4.78 is 0. The molecular formula is C13H9Cl2N3O3. The number of carbonyl (C=O) groups excluding carboxylic acids is 1. The predicted molar refractivity (Wildman–Crippen MR) is 80.0 cm³/mol. The fourth-order valence-corrected chi connectivity index (χ4v) is 2.06. The standard InChI is InChI=1S/C13H9Cl2N3O3/c1-7-10(3-5-12(15)16-7)17-13(19)9-6-8(14)2-4-11(9)18(20)21/h2-6H,1H3,(H,17,19). The Hall–Kier alpha value is -2.18. The lowest BCUT2D eigenvalue weighted by Gasteiger charge is -2.08. The fraction of sp³-hybridized carbons (Fsp3) is 0.0769. The van der Waals surface area contributed by atoms with Crippen LogP contribution in [0.1, 0.15) is 16.1 Å². The number of rotatable bonds is 3. The van der Waals surface area contributed by atoms with Crippen LogP contribution in [0.2, 0.25) is 10.2 Å². The minimum absolute atomic E-state index is 0.123. The van der Waals surface area contributed by atoms with Gasteiger partial charge in [-0.15, -0.1) is 0 Å². The number of hydrogen-bond acceptors (Lipinski definition) is 4. The zero-order valence-corrected chi connectivity index (χ0v) is 12.3. The SMILES string of the molecule is Cc1nc(Cl)ccc1NC(=O)c1cc(Cl)ccc1[N+](=O)[O-]. The molecule has 0 spiro atoms. The van der Waals surface area contributed by atoms with Gasteiger partial charge in [0.1, 0.15) is 10.7 Å². The summed E-state index contributed by atoms with van der Waals surface area (Å²) >= 11 is 11.5. The Kier molecular flexibility index (Phi) is 4.40. The number of nitro groups is 1. The molecule has 0 aliphatic rings. The molecule has 21 heavy (non-hydrogen) atoms. The molecule has 1 aromatic heterocycles. The highest BCUT2D eigenvalue weighted by molar-refractivity contribution is 6.31. The molecule has 0 saturated carbocycles. The number of benzene rings is 1. The van der Waals surface area contributed by atoms with Crippen molar-refractivity contribution in [1.82, 2.24) is 4.98 Å². The van der Waals surface area contributed by atoms with E-state index in [-0.39, 0.29) is 16.3 Å². The largest absolute Gasteiger partial charge is 0.320 e. The monoisotopic (exact) mass is 325 g/mol. The summed E-state index contributed by atoms with van der Waals surface area (Å²) in [5.74, 6) is -0.642. The van der Waals surface area contributed by atoms with Crippen LogP contribution < -0.4 is 5.32 Å². The third-order valence-electron chi connectivity index (χ3n) is 2.70. The minimum Gasteiger partial charge on any atom is -0.320 e. The smallest absolute Gasteiger partial charge is 0.282 e. The number of halogens is 2. The van der Waals surface area contributed by atoms with E-state index in [1.54, 1.807) is 13.0 Å². The van der Waals surface area contributed by atoms with Crippen LogP contribution in [0.25, 0.3) is 0 Å². The molecule has 0 radical (unpaired) electrons. The number of anilines is 1. The van der Waals surface area contributed by atoms with Gasteiger partial charge >= 0.3 is 0 Å². The Labute approximate surface area is 129 Å². The van der Waals surface area contributed by atoms with Crippen LogP contribution in [0.15, 0.2) is 30.3 Å². The summed E-state index contributed by atoms with van der Waals surface area (Å²) in [6.45, 7) is 1.66. The molecule has 0 atom stereocenters. The van der Waals surface area contributed by atoms with E-state index >= 15 is 0 Å². The molecule has 8 heteroatoms. The van der Waals surface area contributed by atoms with Crippen LogP contribution in [-0.4, -0.2) is 15.8 Å². The summed E-state index contributed by atoms with van der Waals surface area (Å²) in [6.07, 6.45) is 0. The molecule has 1 aromatic carbocycles. The van der Waals surface area contributed by atoms with Crippen LogP contribution in [0.3, 0.4) is 0 Å². The van der Waals surface area contributed by atoms with Crippen molar-refractivity contribution in [3.63, 3.8) is 0 Å². The van der Waals surface area contributed by atoms with Crippen LogP contribution >= 0.6 is 23.2 Å². The molecule has 2 rings (SSSR count). The number of nitrogens with one attached hydrogen (secondary N) is 1. The van der Waals surface area contributed by atoms with Crippen molar-refractivity contribution in [1.29, 1.82) is 0 Å². The molecule has 0 aliphatic heterocycles. The van der Waals surface area contributed by atoms with Gasteiger partial charge in [-0.05, 0) is 31.2 Å². The van der Waals surface area contributed by atoms with E-state index < -0.39 is 10.8 Å². The van der Waals surface area contributed by atoms with Crippen LogP contribution in [0.5, 0.6) is 0 Å². The molecule has 0 saturated heterocycles. The molecule has 1 heterocycles. The topological polar surface area (TPSA) is 85.1 Å². The number of amides is 1. The summed E-state index contributed by atoms with van der Waals surface area (Å²) in [6, 6.07) is 6.86. The number of hydrogen-bond donors (Lipinski definition) is 1. The first-order valence-electron chi connectivity index (χ1n) is 5.77. The second-order valence-corrected chi connectivity index (χ2v) is 4.96. The molecule has 0 bridgehead atoms. The molecule has 1 amide bonds. The molecule has 0 fully saturated rings. The second kappa shape index (κ2) is 6.07. The van der Waals surface area contributed by atoms with Gasteiger partial charge in [0.25, 0.3) is 11.6 Å². The molecule has 0 unspecified atom stereocenters. The van der Waals surface area contributed by atoms with E-state index in [4.69, 9.17) is 23.2 Å². The number of nitrogens with zero attached hydrogens (tertiary/aromatic N) is 2. The lowest BCUT2D eigenvalue weighted by molar-refractivity contribution is -0.385. The first-order valence-corrected chi connectivity index (χ1v) is 6.52. The number of aromatic nitrogens is 1. The Balaban J connectivity index is 2.36. The van der Waals surface area contributed by atoms with E-state index in [2.05, 4.69) is 10.3 Å². The highest BCUT2D eigenvalue weighted by Crippen LogP contribution is 2.24. The van der Waals surface area contributed by atoms with E-state index in [0.717, 1.165) is 0 Å². The van der Waals surface area contributed by atoms with E-state index in [0.29, 0.717) is 16.5 Å². The zero-order chi connectivity index (χ0) is 15.6. The quantitative estimate of drug-likeness (QED) is 0.527. The van der Waals surface area contributed by atoms with E-state index in [9.17, 15) is 14.9 Å². The molecule has 108 valence electrons. The van der Waals surface area contributed by atoms with Crippen molar-refractivity contribution in [2.24, 2.45) is 0 Å². The fourth-order valence-electron chi connectivity index (χ4n) is 1.70. The Morgan fingerprint density at radius 2 is 2.00 bits per heavy atom. The van der Waals surface area contributed by atoms with Gasteiger partial charge in [-0.25, -0.2) is 4.98 Å². The first kappa shape index (κ1) is 15.2. The van der Waals surface area contributed by atoms with Gasteiger partial charge in [-0.3, -0.25) is 14.9 Å². The Bertz CT molecular complexity index is 735.